The molecule has 184 valence electrons. The monoisotopic (exact) mass is 523 g/mol. The van der Waals surface area contributed by atoms with Gasteiger partial charge >= 0.3 is 11.6 Å². The van der Waals surface area contributed by atoms with Crippen LogP contribution in [0.1, 0.15) is 32.8 Å². The molecule has 1 aliphatic carbocycles. The van der Waals surface area contributed by atoms with E-state index >= 15 is 0 Å². The van der Waals surface area contributed by atoms with Crippen molar-refractivity contribution in [3.8, 4) is 16.9 Å². The molecule has 9 heteroatoms. The summed E-state index contributed by atoms with van der Waals surface area (Å²) in [5, 5.41) is 4.56. The van der Waals surface area contributed by atoms with Gasteiger partial charge in [0.15, 0.2) is 6.61 Å². The molecule has 0 aliphatic heterocycles. The van der Waals surface area contributed by atoms with Crippen LogP contribution in [0.5, 0.6) is 5.75 Å². The molecule has 0 bridgehead atoms. The molecule has 4 aromatic rings. The third-order valence-corrected chi connectivity index (χ3v) is 7.41. The minimum atomic E-state index is -0.567. The summed E-state index contributed by atoms with van der Waals surface area (Å²) < 4.78 is 16.1. The van der Waals surface area contributed by atoms with E-state index in [1.165, 1.54) is 18.4 Å². The van der Waals surface area contributed by atoms with Crippen molar-refractivity contribution in [2.75, 3.05) is 19.0 Å². The first-order valence-corrected chi connectivity index (χ1v) is 12.5. The fourth-order valence-electron chi connectivity index (χ4n) is 4.59. The molecular weight excluding hydrogens is 502 g/mol. The number of benzene rings is 2. The number of aryl methyl sites for hydroxylation is 2. The molecule has 0 fully saturated rings. The van der Waals surface area contributed by atoms with Crippen molar-refractivity contribution < 1.29 is 23.5 Å². The zero-order chi connectivity index (χ0) is 25.4. The number of amides is 1. The van der Waals surface area contributed by atoms with Gasteiger partial charge in [-0.15, -0.1) is 11.3 Å². The zero-order valence-corrected chi connectivity index (χ0v) is 21.2. The summed E-state index contributed by atoms with van der Waals surface area (Å²) in [6, 6.07) is 12.4. The van der Waals surface area contributed by atoms with Crippen molar-refractivity contribution in [1.82, 2.24) is 0 Å². The first-order chi connectivity index (χ1) is 17.4. The maximum absolute atomic E-state index is 12.8. The molecule has 5 rings (SSSR count). The minimum Gasteiger partial charge on any atom is -0.484 e. The van der Waals surface area contributed by atoms with Crippen LogP contribution in [0.2, 0.25) is 5.02 Å². The molecule has 0 unspecified atom stereocenters. The van der Waals surface area contributed by atoms with E-state index in [4.69, 9.17) is 25.5 Å². The second-order valence-electron chi connectivity index (χ2n) is 8.43. The normalized spacial score (nSPS) is 12.4. The Morgan fingerprint density at radius 3 is 2.72 bits per heavy atom. The van der Waals surface area contributed by atoms with Crippen LogP contribution < -0.4 is 15.7 Å². The number of hydrogen-bond donors (Lipinski definition) is 1. The Kier molecular flexibility index (Phi) is 6.55. The van der Waals surface area contributed by atoms with E-state index in [1.807, 2.05) is 19.1 Å². The molecule has 0 radical (unpaired) electrons. The van der Waals surface area contributed by atoms with Gasteiger partial charge in [-0.25, -0.2) is 9.59 Å². The molecule has 0 spiro atoms. The molecule has 7 nitrogen and oxygen atoms in total. The number of thiophene rings is 1. The third-order valence-electron chi connectivity index (χ3n) is 6.16. The molecule has 1 amide bonds. The zero-order valence-electron chi connectivity index (χ0n) is 19.6. The smallest absolute Gasteiger partial charge is 0.341 e. The van der Waals surface area contributed by atoms with Gasteiger partial charge in [-0.1, -0.05) is 23.7 Å². The van der Waals surface area contributed by atoms with Crippen molar-refractivity contribution in [3.63, 3.8) is 0 Å². The molecule has 2 aromatic carbocycles. The van der Waals surface area contributed by atoms with Crippen molar-refractivity contribution in [1.29, 1.82) is 0 Å². The number of hydrogen-bond acceptors (Lipinski definition) is 7. The van der Waals surface area contributed by atoms with Gasteiger partial charge < -0.3 is 19.2 Å². The van der Waals surface area contributed by atoms with Crippen LogP contribution in [-0.4, -0.2) is 25.6 Å². The lowest BCUT2D eigenvalue weighted by Crippen LogP contribution is -2.21. The van der Waals surface area contributed by atoms with Gasteiger partial charge in [-0.05, 0) is 61.6 Å². The first kappa shape index (κ1) is 24.1. The maximum atomic E-state index is 12.8. The number of fused-ring (bicyclic) bond motifs is 3. The van der Waals surface area contributed by atoms with Crippen LogP contribution >= 0.6 is 22.9 Å². The van der Waals surface area contributed by atoms with E-state index in [2.05, 4.69) is 5.32 Å². The molecule has 1 aliphatic rings. The lowest BCUT2D eigenvalue weighted by molar-refractivity contribution is -0.118. The van der Waals surface area contributed by atoms with Crippen LogP contribution in [0.4, 0.5) is 5.00 Å². The van der Waals surface area contributed by atoms with E-state index < -0.39 is 11.9 Å². The van der Waals surface area contributed by atoms with Crippen molar-refractivity contribution in [2.45, 2.75) is 26.2 Å². The van der Waals surface area contributed by atoms with Gasteiger partial charge in [0.2, 0.25) is 0 Å². The maximum Gasteiger partial charge on any atom is 0.341 e. The SMILES string of the molecule is COC(=O)c1c(NC(=O)COc2ccc3c4c(c(=O)oc3c2)CCC4)sc(C)c1-c1cccc(Cl)c1. The Morgan fingerprint density at radius 1 is 1.14 bits per heavy atom. The second kappa shape index (κ2) is 9.79. The van der Waals surface area contributed by atoms with Gasteiger partial charge in [-0.3, -0.25) is 4.79 Å². The summed E-state index contributed by atoms with van der Waals surface area (Å²) in [6.45, 7) is 1.56. The summed E-state index contributed by atoms with van der Waals surface area (Å²) in [5.41, 5.74) is 3.57. The van der Waals surface area contributed by atoms with E-state index in [-0.39, 0.29) is 17.8 Å². The van der Waals surface area contributed by atoms with Crippen LogP contribution in [0.25, 0.3) is 22.1 Å². The summed E-state index contributed by atoms with van der Waals surface area (Å²) in [5.74, 6) is -0.619. The summed E-state index contributed by atoms with van der Waals surface area (Å²) in [4.78, 5) is 38.5. The van der Waals surface area contributed by atoms with Crippen molar-refractivity contribution in [2.24, 2.45) is 0 Å². The lowest BCUT2D eigenvalue weighted by atomic mass is 10.0. The largest absolute Gasteiger partial charge is 0.484 e. The van der Waals surface area contributed by atoms with Gasteiger partial charge in [0, 0.05) is 32.5 Å². The van der Waals surface area contributed by atoms with Crippen molar-refractivity contribution in [3.05, 3.63) is 79.5 Å². The van der Waals surface area contributed by atoms with E-state index in [0.29, 0.717) is 26.9 Å². The number of ether oxygens (including phenoxy) is 2. The Bertz CT molecular complexity index is 1570. The lowest BCUT2D eigenvalue weighted by Gasteiger charge is -2.10. The standard InChI is InChI=1S/C27H22ClNO6S/c1-14-23(15-5-3-6-16(28)11-15)24(27(32)33-2)25(36-14)29-22(30)13-34-17-9-10-19-18-7-4-8-20(18)26(31)35-21(19)12-17/h3,5-6,9-12H,4,7-8,13H2,1-2H3,(H,29,30). The highest BCUT2D eigenvalue weighted by Gasteiger charge is 2.25. The molecule has 0 saturated carbocycles. The molecule has 1 N–H and O–H groups in total. The molecular formula is C27H22ClNO6S. The van der Waals surface area contributed by atoms with Gasteiger partial charge in [0.05, 0.1) is 7.11 Å². The highest BCUT2D eigenvalue weighted by molar-refractivity contribution is 7.17. The number of carbonyl (C=O) groups excluding carboxylic acids is 2. The average Bonchev–Trinajstić information content (AvgIpc) is 3.47. The highest BCUT2D eigenvalue weighted by atomic mass is 35.5. The average molecular weight is 524 g/mol. The van der Waals surface area contributed by atoms with Crippen molar-refractivity contribution >= 4 is 50.8 Å². The molecule has 0 saturated heterocycles. The Balaban J connectivity index is 1.36. The fraction of sp³-hybridized carbons (Fsp3) is 0.222. The first-order valence-electron chi connectivity index (χ1n) is 11.3. The van der Waals surface area contributed by atoms with E-state index in [9.17, 15) is 14.4 Å². The van der Waals surface area contributed by atoms with Gasteiger partial charge in [-0.2, -0.15) is 0 Å². The van der Waals surface area contributed by atoms with Crippen LogP contribution in [0, 0.1) is 6.92 Å². The van der Waals surface area contributed by atoms with Crippen LogP contribution in [0.15, 0.2) is 51.7 Å². The number of rotatable bonds is 6. The van der Waals surface area contributed by atoms with Gasteiger partial charge in [0.1, 0.15) is 21.9 Å². The number of anilines is 1. The summed E-state index contributed by atoms with van der Waals surface area (Å²) in [6.07, 6.45) is 2.52. The number of methoxy groups -OCH3 is 1. The molecule has 2 heterocycles. The number of halogens is 1. The topological polar surface area (TPSA) is 94.8 Å². The predicted octanol–water partition coefficient (Wildman–Crippen LogP) is 5.78. The van der Waals surface area contributed by atoms with Gasteiger partial charge in [0.25, 0.3) is 5.91 Å². The van der Waals surface area contributed by atoms with Crippen LogP contribution in [0.3, 0.4) is 0 Å². The fourth-order valence-corrected chi connectivity index (χ4v) is 5.86. The summed E-state index contributed by atoms with van der Waals surface area (Å²) >= 11 is 7.42. The minimum absolute atomic E-state index is 0.261. The Hall–Kier alpha value is -3.62. The van der Waals surface area contributed by atoms with E-state index in [1.54, 1.807) is 30.3 Å². The highest BCUT2D eigenvalue weighted by Crippen LogP contribution is 2.41. The molecule has 0 atom stereocenters. The number of carbonyl (C=O) groups is 2. The number of nitrogens with one attached hydrogen (secondary N) is 1. The quantitative estimate of drug-likeness (QED) is 0.254. The second-order valence-corrected chi connectivity index (χ2v) is 10.1. The van der Waals surface area contributed by atoms with Crippen LogP contribution in [-0.2, 0) is 22.4 Å². The Morgan fingerprint density at radius 2 is 1.94 bits per heavy atom. The molecule has 2 aromatic heterocycles. The van der Waals surface area contributed by atoms with E-state index in [0.717, 1.165) is 46.2 Å². The number of esters is 1. The third kappa shape index (κ3) is 4.50. The summed E-state index contributed by atoms with van der Waals surface area (Å²) in [7, 11) is 1.29. The predicted molar refractivity (Wildman–Crippen MR) is 139 cm³/mol. The molecule has 36 heavy (non-hydrogen) atoms. The Labute approximate surface area is 215 Å².